The van der Waals surface area contributed by atoms with Crippen molar-refractivity contribution in [1.82, 2.24) is 5.32 Å². The number of anilines is 1. The number of amides is 2. The van der Waals surface area contributed by atoms with Crippen molar-refractivity contribution in [3.05, 3.63) is 52.6 Å². The molecule has 140 valence electrons. The number of nitrogens with one attached hydrogen (secondary N) is 1. The number of aryl methyl sites for hydroxylation is 1. The smallest absolute Gasteiger partial charge is 0.251 e. The summed E-state index contributed by atoms with van der Waals surface area (Å²) in [6.45, 7) is 1.17. The van der Waals surface area contributed by atoms with Crippen molar-refractivity contribution < 1.29 is 19.1 Å². The van der Waals surface area contributed by atoms with E-state index >= 15 is 0 Å². The highest BCUT2D eigenvalue weighted by atomic mass is 16.5. The number of benzene rings is 2. The van der Waals surface area contributed by atoms with E-state index in [1.807, 2.05) is 35.2 Å². The summed E-state index contributed by atoms with van der Waals surface area (Å²) >= 11 is 0. The zero-order valence-corrected chi connectivity index (χ0v) is 15.5. The third-order valence-corrected chi connectivity index (χ3v) is 5.17. The number of nitrogens with zero attached hydrogens (tertiary/aromatic N) is 1. The predicted octanol–water partition coefficient (Wildman–Crippen LogP) is 2.47. The predicted molar refractivity (Wildman–Crippen MR) is 102 cm³/mol. The highest BCUT2D eigenvalue weighted by molar-refractivity contribution is 6.04. The summed E-state index contributed by atoms with van der Waals surface area (Å²) in [6, 6.07) is 9.34. The van der Waals surface area contributed by atoms with Crippen LogP contribution in [0.2, 0.25) is 0 Å². The third kappa shape index (κ3) is 3.12. The molecule has 0 atom stereocenters. The fourth-order valence-corrected chi connectivity index (χ4v) is 3.89. The largest absolute Gasteiger partial charge is 0.493 e. The second kappa shape index (κ2) is 6.95. The van der Waals surface area contributed by atoms with Gasteiger partial charge in [-0.15, -0.1) is 0 Å². The van der Waals surface area contributed by atoms with E-state index in [2.05, 4.69) is 5.32 Å². The molecule has 1 N–H and O–H groups in total. The molecule has 0 saturated carbocycles. The average molecular weight is 366 g/mol. The summed E-state index contributed by atoms with van der Waals surface area (Å²) in [5.74, 6) is 1.28. The molecule has 0 unspecified atom stereocenters. The first-order valence-corrected chi connectivity index (χ1v) is 9.06. The zero-order chi connectivity index (χ0) is 19.0. The minimum absolute atomic E-state index is 0.133. The number of carbonyl (C=O) groups is 2. The van der Waals surface area contributed by atoms with Crippen LogP contribution in [0.1, 0.15) is 33.5 Å². The molecule has 2 aliphatic rings. The summed E-state index contributed by atoms with van der Waals surface area (Å²) in [5, 5.41) is 2.95. The first kappa shape index (κ1) is 17.4. The van der Waals surface area contributed by atoms with Gasteiger partial charge < -0.3 is 19.7 Å². The minimum atomic E-state index is -0.139. The van der Waals surface area contributed by atoms with Gasteiger partial charge >= 0.3 is 0 Å². The van der Waals surface area contributed by atoms with Gasteiger partial charge in [0.05, 0.1) is 26.3 Å². The zero-order valence-electron chi connectivity index (χ0n) is 15.5. The highest BCUT2D eigenvalue weighted by Gasteiger charge is 2.32. The molecule has 0 spiro atoms. The second-order valence-electron chi connectivity index (χ2n) is 6.84. The first-order chi connectivity index (χ1) is 13.1. The van der Waals surface area contributed by atoms with Crippen LogP contribution < -0.4 is 19.7 Å². The Balaban J connectivity index is 1.51. The topological polar surface area (TPSA) is 67.9 Å². The standard InChI is InChI=1S/C21H22N2O4/c1-26-17-6-5-13(8-18(17)27-2)12-22-21(25)16-9-14-4-3-7-23-19(24)11-15(10-16)20(14)23/h5-6,8-10H,3-4,7,11-12H2,1-2H3,(H,22,25). The van der Waals surface area contributed by atoms with Crippen LogP contribution in [0, 0.1) is 0 Å². The Hall–Kier alpha value is -3.02. The summed E-state index contributed by atoms with van der Waals surface area (Å²) in [6.07, 6.45) is 2.23. The molecule has 0 aliphatic carbocycles. The molecule has 2 aliphatic heterocycles. The number of hydrogen-bond acceptors (Lipinski definition) is 4. The Morgan fingerprint density at radius 2 is 1.89 bits per heavy atom. The van der Waals surface area contributed by atoms with Crippen LogP contribution in [0.5, 0.6) is 11.5 Å². The van der Waals surface area contributed by atoms with Crippen LogP contribution >= 0.6 is 0 Å². The Kier molecular flexibility index (Phi) is 4.48. The van der Waals surface area contributed by atoms with E-state index in [1.54, 1.807) is 14.2 Å². The van der Waals surface area contributed by atoms with Gasteiger partial charge in [-0.3, -0.25) is 9.59 Å². The van der Waals surface area contributed by atoms with Gasteiger partial charge in [0.2, 0.25) is 5.91 Å². The number of carbonyl (C=O) groups excluding carboxylic acids is 2. The molecule has 0 saturated heterocycles. The lowest BCUT2D eigenvalue weighted by Gasteiger charge is -2.25. The Bertz CT molecular complexity index is 923. The van der Waals surface area contributed by atoms with Crippen LogP contribution in [0.25, 0.3) is 0 Å². The molecule has 0 aromatic heterocycles. The fourth-order valence-electron chi connectivity index (χ4n) is 3.89. The van der Waals surface area contributed by atoms with Crippen LogP contribution in [-0.4, -0.2) is 32.6 Å². The maximum absolute atomic E-state index is 12.7. The number of ether oxygens (including phenoxy) is 2. The number of hydrogen-bond donors (Lipinski definition) is 1. The number of methoxy groups -OCH3 is 2. The lowest BCUT2D eigenvalue weighted by Crippen LogP contribution is -2.31. The third-order valence-electron chi connectivity index (χ3n) is 5.17. The SMILES string of the molecule is COc1ccc(CNC(=O)c2cc3c4c(c2)CC(=O)N4CCC3)cc1OC. The van der Waals surface area contributed by atoms with Crippen molar-refractivity contribution in [1.29, 1.82) is 0 Å². The summed E-state index contributed by atoms with van der Waals surface area (Å²) in [4.78, 5) is 26.7. The molecule has 6 heteroatoms. The van der Waals surface area contributed by atoms with E-state index in [0.29, 0.717) is 30.0 Å². The van der Waals surface area contributed by atoms with Crippen molar-refractivity contribution >= 4 is 17.5 Å². The van der Waals surface area contributed by atoms with Gasteiger partial charge in [-0.2, -0.15) is 0 Å². The molecular formula is C21H22N2O4. The van der Waals surface area contributed by atoms with Gasteiger partial charge in [0.1, 0.15) is 0 Å². The van der Waals surface area contributed by atoms with Crippen LogP contribution in [0.3, 0.4) is 0 Å². The Labute approximate surface area is 158 Å². The van der Waals surface area contributed by atoms with E-state index in [1.165, 1.54) is 0 Å². The van der Waals surface area contributed by atoms with Crippen LogP contribution in [0.15, 0.2) is 30.3 Å². The van der Waals surface area contributed by atoms with E-state index in [9.17, 15) is 9.59 Å². The van der Waals surface area contributed by atoms with Gasteiger partial charge in [-0.1, -0.05) is 6.07 Å². The van der Waals surface area contributed by atoms with Crippen LogP contribution in [-0.2, 0) is 24.2 Å². The molecule has 2 aromatic carbocycles. The Morgan fingerprint density at radius 3 is 2.67 bits per heavy atom. The summed E-state index contributed by atoms with van der Waals surface area (Å²) in [7, 11) is 3.17. The van der Waals surface area contributed by atoms with Gasteiger partial charge in [-0.05, 0) is 53.8 Å². The summed E-state index contributed by atoms with van der Waals surface area (Å²) in [5.41, 5.74) is 4.63. The molecule has 0 radical (unpaired) electrons. The molecule has 27 heavy (non-hydrogen) atoms. The van der Waals surface area contributed by atoms with E-state index in [4.69, 9.17) is 9.47 Å². The van der Waals surface area contributed by atoms with Gasteiger partial charge in [-0.25, -0.2) is 0 Å². The van der Waals surface area contributed by atoms with E-state index < -0.39 is 0 Å². The second-order valence-corrected chi connectivity index (χ2v) is 6.84. The summed E-state index contributed by atoms with van der Waals surface area (Å²) < 4.78 is 10.5. The van der Waals surface area contributed by atoms with Crippen LogP contribution in [0.4, 0.5) is 5.69 Å². The fraction of sp³-hybridized carbons (Fsp3) is 0.333. The normalized spacial score (nSPS) is 14.7. The maximum Gasteiger partial charge on any atom is 0.251 e. The van der Waals surface area contributed by atoms with Gasteiger partial charge in [0.25, 0.3) is 5.91 Å². The van der Waals surface area contributed by atoms with Crippen molar-refractivity contribution in [3.63, 3.8) is 0 Å². The van der Waals surface area contributed by atoms with Crippen molar-refractivity contribution in [2.24, 2.45) is 0 Å². The van der Waals surface area contributed by atoms with E-state index in [-0.39, 0.29) is 11.8 Å². The molecule has 0 bridgehead atoms. The molecular weight excluding hydrogens is 344 g/mol. The van der Waals surface area contributed by atoms with Crippen molar-refractivity contribution in [2.75, 3.05) is 25.7 Å². The van der Waals surface area contributed by atoms with Crippen molar-refractivity contribution in [3.8, 4) is 11.5 Å². The monoisotopic (exact) mass is 366 g/mol. The first-order valence-electron chi connectivity index (χ1n) is 9.06. The van der Waals surface area contributed by atoms with Crippen molar-refractivity contribution in [2.45, 2.75) is 25.8 Å². The molecule has 2 aromatic rings. The van der Waals surface area contributed by atoms with E-state index in [0.717, 1.165) is 41.8 Å². The maximum atomic E-state index is 12.7. The Morgan fingerprint density at radius 1 is 1.11 bits per heavy atom. The number of rotatable bonds is 5. The quantitative estimate of drug-likeness (QED) is 0.883. The average Bonchev–Trinajstić information content (AvgIpc) is 3.02. The minimum Gasteiger partial charge on any atom is -0.493 e. The lowest BCUT2D eigenvalue weighted by molar-refractivity contribution is -0.117. The molecule has 2 heterocycles. The highest BCUT2D eigenvalue weighted by Crippen LogP contribution is 2.37. The molecule has 0 fully saturated rings. The molecule has 4 rings (SSSR count). The molecule has 2 amide bonds. The van der Waals surface area contributed by atoms with Gasteiger partial charge in [0, 0.05) is 18.7 Å². The molecule has 6 nitrogen and oxygen atoms in total. The lowest BCUT2D eigenvalue weighted by atomic mass is 9.96. The van der Waals surface area contributed by atoms with Gasteiger partial charge in [0.15, 0.2) is 11.5 Å².